The van der Waals surface area contributed by atoms with Crippen molar-refractivity contribution >= 4 is 13.4 Å². The predicted octanol–water partition coefficient (Wildman–Crippen LogP) is 7.42. The second-order valence-electron chi connectivity index (χ2n) is 4.07. The van der Waals surface area contributed by atoms with E-state index >= 15 is 0 Å². The normalized spacial score (nSPS) is 15.0. The molecular weight excluding hydrogens is 369 g/mol. The van der Waals surface area contributed by atoms with Gasteiger partial charge < -0.3 is 0 Å². The molecular formula is C14H15F6FeP-. The minimum atomic E-state index is -10.7. The van der Waals surface area contributed by atoms with Gasteiger partial charge in [0.2, 0.25) is 0 Å². The smallest absolute Gasteiger partial charge is 0.00506 e. The Morgan fingerprint density at radius 2 is 1.18 bits per heavy atom. The predicted molar refractivity (Wildman–Crippen MR) is 77.3 cm³/mol. The maximum Gasteiger partial charge on any atom is 0.00506 e. The van der Waals surface area contributed by atoms with Crippen LogP contribution < -0.4 is 0 Å². The van der Waals surface area contributed by atoms with Crippen LogP contribution in [0.4, 0.5) is 25.2 Å². The third kappa shape index (κ3) is 24.0. The molecule has 0 aromatic heterocycles. The maximum absolute atomic E-state index is 10.7. The standard InChI is InChI=1S/C9H10.C5H5.F6P.Fe/c1-8(2)9-6-4-3-5-7-9;1-2-4-5-3-1;1-7(2,3,4,5)6;/h3-7H,1H2,2H3;1-5H;;/q;;-1;. The molecule has 127 valence electrons. The summed E-state index contributed by atoms with van der Waals surface area (Å²) in [6, 6.07) is 10.2. The van der Waals surface area contributed by atoms with E-state index in [9.17, 15) is 25.2 Å². The van der Waals surface area contributed by atoms with Crippen molar-refractivity contribution < 1.29 is 42.3 Å². The van der Waals surface area contributed by atoms with E-state index in [1.54, 1.807) is 0 Å². The quantitative estimate of drug-likeness (QED) is 0.269. The minimum Gasteiger partial charge on any atom is -0.0767 e. The van der Waals surface area contributed by atoms with Gasteiger partial charge in [-0.15, -0.1) is 0 Å². The average molecular weight is 384 g/mol. The van der Waals surface area contributed by atoms with Crippen molar-refractivity contribution in [1.82, 2.24) is 0 Å². The Bertz CT molecular complexity index is 495. The van der Waals surface area contributed by atoms with Gasteiger partial charge in [0.1, 0.15) is 0 Å². The van der Waals surface area contributed by atoms with Crippen molar-refractivity contribution in [2.75, 3.05) is 0 Å². The van der Waals surface area contributed by atoms with Crippen molar-refractivity contribution in [3.63, 3.8) is 0 Å². The fourth-order valence-corrected chi connectivity index (χ4v) is 1.04. The van der Waals surface area contributed by atoms with Gasteiger partial charge in [0, 0.05) is 23.5 Å². The summed E-state index contributed by atoms with van der Waals surface area (Å²) in [5.74, 6) is 0. The van der Waals surface area contributed by atoms with Crippen LogP contribution in [0.1, 0.15) is 12.5 Å². The molecule has 0 saturated heterocycles. The van der Waals surface area contributed by atoms with Crippen LogP contribution in [0, 0.1) is 6.42 Å². The van der Waals surface area contributed by atoms with E-state index in [1.165, 1.54) is 5.56 Å². The molecule has 1 aliphatic carbocycles. The molecule has 0 atom stereocenters. The van der Waals surface area contributed by atoms with Gasteiger partial charge in [-0.25, -0.2) is 0 Å². The van der Waals surface area contributed by atoms with Gasteiger partial charge >= 0.3 is 33.0 Å². The summed E-state index contributed by atoms with van der Waals surface area (Å²) in [7, 11) is -10.7. The molecule has 0 saturated carbocycles. The van der Waals surface area contributed by atoms with Crippen molar-refractivity contribution in [2.45, 2.75) is 6.92 Å². The molecule has 0 heterocycles. The molecule has 1 radical (unpaired) electrons. The molecule has 22 heavy (non-hydrogen) atoms. The van der Waals surface area contributed by atoms with Crippen LogP contribution in [0.3, 0.4) is 0 Å². The van der Waals surface area contributed by atoms with Crippen LogP contribution in [-0.4, -0.2) is 0 Å². The summed E-state index contributed by atoms with van der Waals surface area (Å²) in [4.78, 5) is 0. The van der Waals surface area contributed by atoms with E-state index in [0.29, 0.717) is 0 Å². The first-order valence-electron chi connectivity index (χ1n) is 5.70. The molecule has 0 fully saturated rings. The Kier molecular flexibility index (Phi) is 8.45. The Hall–Kier alpha value is -1.03. The summed E-state index contributed by atoms with van der Waals surface area (Å²) in [5, 5.41) is 0. The van der Waals surface area contributed by atoms with Gasteiger partial charge in [-0.05, 0) is 12.5 Å². The zero-order chi connectivity index (χ0) is 16.6. The fourth-order valence-electron chi connectivity index (χ4n) is 1.04. The first-order valence-corrected chi connectivity index (χ1v) is 7.72. The Morgan fingerprint density at radius 1 is 0.818 bits per heavy atom. The van der Waals surface area contributed by atoms with Crippen molar-refractivity contribution in [3.05, 3.63) is 73.2 Å². The maximum atomic E-state index is 9.87. The van der Waals surface area contributed by atoms with Crippen molar-refractivity contribution in [2.24, 2.45) is 0 Å². The number of hydrogen-bond acceptors (Lipinski definition) is 0. The number of rotatable bonds is 1. The topological polar surface area (TPSA) is 0 Å². The molecule has 0 unspecified atom stereocenters. The molecule has 2 rings (SSSR count). The molecule has 0 nitrogen and oxygen atoms in total. The van der Waals surface area contributed by atoms with Crippen LogP contribution in [0.15, 0.2) is 61.2 Å². The van der Waals surface area contributed by atoms with Crippen LogP contribution in [-0.2, 0) is 17.1 Å². The van der Waals surface area contributed by atoms with Gasteiger partial charge in [0.15, 0.2) is 0 Å². The van der Waals surface area contributed by atoms with Crippen molar-refractivity contribution in [3.8, 4) is 0 Å². The first-order chi connectivity index (χ1) is 9.25. The van der Waals surface area contributed by atoms with Gasteiger partial charge in [0.25, 0.3) is 0 Å². The van der Waals surface area contributed by atoms with Gasteiger partial charge in [-0.1, -0.05) is 66.8 Å². The first kappa shape index (κ1) is 23.2. The third-order valence-corrected chi connectivity index (χ3v) is 1.82. The summed E-state index contributed by atoms with van der Waals surface area (Å²) >= 11 is 0. The zero-order valence-electron chi connectivity index (χ0n) is 11.5. The summed E-state index contributed by atoms with van der Waals surface area (Å²) in [5.41, 5.74) is 2.34. The van der Waals surface area contributed by atoms with Crippen LogP contribution in [0.25, 0.3) is 5.57 Å². The Morgan fingerprint density at radius 3 is 1.36 bits per heavy atom. The fraction of sp³-hybridized carbons (Fsp3) is 0.0714. The van der Waals surface area contributed by atoms with E-state index in [2.05, 4.69) is 18.7 Å². The van der Waals surface area contributed by atoms with E-state index in [4.69, 9.17) is 0 Å². The van der Waals surface area contributed by atoms with Crippen LogP contribution in [0.2, 0.25) is 0 Å². The second kappa shape index (κ2) is 8.00. The summed E-state index contributed by atoms with van der Waals surface area (Å²) in [6.07, 6.45) is 10.0. The molecule has 1 aromatic carbocycles. The van der Waals surface area contributed by atoms with E-state index < -0.39 is 7.81 Å². The number of benzene rings is 1. The van der Waals surface area contributed by atoms with Crippen LogP contribution >= 0.6 is 7.81 Å². The zero-order valence-corrected chi connectivity index (χ0v) is 13.5. The minimum absolute atomic E-state index is 0. The van der Waals surface area contributed by atoms with Crippen molar-refractivity contribution in [1.29, 1.82) is 0 Å². The largest absolute Gasteiger partial charge is 0.0767 e. The van der Waals surface area contributed by atoms with Crippen LogP contribution in [0.5, 0.6) is 0 Å². The monoisotopic (exact) mass is 384 g/mol. The second-order valence-corrected chi connectivity index (χ2v) is 5.98. The van der Waals surface area contributed by atoms with E-state index in [0.717, 1.165) is 5.57 Å². The van der Waals surface area contributed by atoms with E-state index in [-0.39, 0.29) is 17.1 Å². The molecule has 8 heteroatoms. The number of hydrogen-bond donors (Lipinski definition) is 0. The van der Waals surface area contributed by atoms with Gasteiger partial charge in [0.05, 0.1) is 0 Å². The van der Waals surface area contributed by atoms with E-state index in [1.807, 2.05) is 55.8 Å². The summed E-state index contributed by atoms with van der Waals surface area (Å²) in [6.45, 7) is 5.83. The SMILES string of the molecule is C=C(C)c1ccccc1.F[P-](F)(F)(F)(F)F.[CH]1C=CC=C1.[Fe]. The molecule has 1 aliphatic rings. The molecule has 0 amide bonds. The molecule has 1 aromatic rings. The van der Waals surface area contributed by atoms with Gasteiger partial charge in [-0.3, -0.25) is 0 Å². The Labute approximate surface area is 136 Å². The Balaban J connectivity index is 0. The number of halogens is 6. The van der Waals surface area contributed by atoms with Gasteiger partial charge in [-0.2, -0.15) is 0 Å². The molecule has 0 aliphatic heterocycles. The molecule has 0 bridgehead atoms. The third-order valence-electron chi connectivity index (χ3n) is 1.82. The molecule has 0 spiro atoms. The molecule has 0 N–H and O–H groups in total. The summed E-state index contributed by atoms with van der Waals surface area (Å²) < 4.78 is 59.2. The number of allylic oxidation sites excluding steroid dienone is 5. The average Bonchev–Trinajstić information content (AvgIpc) is 2.84.